The molecule has 4 nitrogen and oxygen atoms in total. The predicted octanol–water partition coefficient (Wildman–Crippen LogP) is 2.84. The van der Waals surface area contributed by atoms with Crippen molar-refractivity contribution in [3.05, 3.63) is 0 Å². The maximum Gasteiger partial charge on any atom is 0.320 e. The first-order valence-corrected chi connectivity index (χ1v) is 7.06. The summed E-state index contributed by atoms with van der Waals surface area (Å²) in [6, 6.07) is 0. The normalized spacial score (nSPS) is 18.8. The minimum Gasteiger partial charge on any atom is -0.465 e. The summed E-state index contributed by atoms with van der Waals surface area (Å²) in [5, 5.41) is 0. The van der Waals surface area contributed by atoms with Gasteiger partial charge in [-0.05, 0) is 39.0 Å². The van der Waals surface area contributed by atoms with Crippen molar-refractivity contribution >= 4 is 11.9 Å². The second-order valence-corrected chi connectivity index (χ2v) is 4.76. The zero-order chi connectivity index (χ0) is 13.4. The molecule has 104 valence electrons. The van der Waals surface area contributed by atoms with Gasteiger partial charge in [-0.25, -0.2) is 0 Å². The largest absolute Gasteiger partial charge is 0.465 e. The Kier molecular flexibility index (Phi) is 6.76. The zero-order valence-electron chi connectivity index (χ0n) is 11.4. The molecule has 0 aliphatic heterocycles. The zero-order valence-corrected chi connectivity index (χ0v) is 11.4. The van der Waals surface area contributed by atoms with Crippen LogP contribution in [0.3, 0.4) is 0 Å². The number of hydrogen-bond donors (Lipinski definition) is 0. The van der Waals surface area contributed by atoms with Crippen LogP contribution in [-0.2, 0) is 19.1 Å². The molecule has 0 spiro atoms. The van der Waals surface area contributed by atoms with E-state index in [0.29, 0.717) is 13.0 Å². The fourth-order valence-electron chi connectivity index (χ4n) is 2.28. The molecule has 1 atom stereocenters. The molecule has 0 aromatic rings. The minimum atomic E-state index is -0.756. The van der Waals surface area contributed by atoms with Crippen LogP contribution in [0.2, 0.25) is 0 Å². The van der Waals surface area contributed by atoms with E-state index in [0.717, 1.165) is 25.7 Å². The van der Waals surface area contributed by atoms with Gasteiger partial charge in [0.25, 0.3) is 0 Å². The summed E-state index contributed by atoms with van der Waals surface area (Å²) in [5.41, 5.74) is 0. The molecule has 0 radical (unpaired) electrons. The molecular weight excluding hydrogens is 232 g/mol. The van der Waals surface area contributed by atoms with Crippen LogP contribution in [0.4, 0.5) is 0 Å². The Hall–Kier alpha value is -1.06. The van der Waals surface area contributed by atoms with E-state index in [4.69, 9.17) is 9.47 Å². The van der Waals surface area contributed by atoms with Crippen LogP contribution in [0.15, 0.2) is 0 Å². The van der Waals surface area contributed by atoms with Gasteiger partial charge in [0.15, 0.2) is 5.92 Å². The highest BCUT2D eigenvalue weighted by Gasteiger charge is 2.29. The summed E-state index contributed by atoms with van der Waals surface area (Å²) in [7, 11) is 0. The highest BCUT2D eigenvalue weighted by Crippen LogP contribution is 2.21. The van der Waals surface area contributed by atoms with Crippen molar-refractivity contribution in [3.8, 4) is 0 Å². The molecule has 0 bridgehead atoms. The van der Waals surface area contributed by atoms with Crippen LogP contribution < -0.4 is 0 Å². The standard InChI is InChI=1S/C14H24O4/c1-3-12(13(15)17-4-2)14(16)18-11-9-7-5-6-8-10-11/h11-12H,3-10H2,1-2H3. The lowest BCUT2D eigenvalue weighted by atomic mass is 10.1. The number of rotatable bonds is 5. The smallest absolute Gasteiger partial charge is 0.320 e. The van der Waals surface area contributed by atoms with E-state index in [2.05, 4.69) is 0 Å². The second kappa shape index (κ2) is 8.11. The fourth-order valence-corrected chi connectivity index (χ4v) is 2.28. The van der Waals surface area contributed by atoms with Gasteiger partial charge < -0.3 is 9.47 Å². The molecule has 1 rings (SSSR count). The third-order valence-corrected chi connectivity index (χ3v) is 3.35. The number of esters is 2. The topological polar surface area (TPSA) is 52.6 Å². The van der Waals surface area contributed by atoms with E-state index in [9.17, 15) is 9.59 Å². The summed E-state index contributed by atoms with van der Waals surface area (Å²) >= 11 is 0. The van der Waals surface area contributed by atoms with Crippen molar-refractivity contribution in [3.63, 3.8) is 0 Å². The SMILES string of the molecule is CCOC(=O)C(CC)C(=O)OC1CCCCCC1. The molecule has 1 saturated carbocycles. The number of carbonyl (C=O) groups is 2. The third-order valence-electron chi connectivity index (χ3n) is 3.35. The molecule has 0 aromatic carbocycles. The lowest BCUT2D eigenvalue weighted by Gasteiger charge is -2.19. The Balaban J connectivity index is 2.47. The number of hydrogen-bond acceptors (Lipinski definition) is 4. The average molecular weight is 256 g/mol. The lowest BCUT2D eigenvalue weighted by Crippen LogP contribution is -2.30. The Bertz CT molecular complexity index is 267. The van der Waals surface area contributed by atoms with Gasteiger partial charge in [0, 0.05) is 0 Å². The molecule has 0 amide bonds. The van der Waals surface area contributed by atoms with E-state index >= 15 is 0 Å². The van der Waals surface area contributed by atoms with Crippen LogP contribution in [0.1, 0.15) is 58.8 Å². The summed E-state index contributed by atoms with van der Waals surface area (Å²) in [6.45, 7) is 3.84. The Labute approximate surface area is 109 Å². The molecule has 0 heterocycles. The van der Waals surface area contributed by atoms with Gasteiger partial charge in [-0.1, -0.05) is 19.8 Å². The quantitative estimate of drug-likeness (QED) is 0.431. The molecule has 0 aromatic heterocycles. The van der Waals surface area contributed by atoms with Gasteiger partial charge in [-0.15, -0.1) is 0 Å². The number of ether oxygens (including phenoxy) is 2. The van der Waals surface area contributed by atoms with Gasteiger partial charge >= 0.3 is 11.9 Å². The van der Waals surface area contributed by atoms with Crippen molar-refractivity contribution in [2.24, 2.45) is 5.92 Å². The first-order valence-electron chi connectivity index (χ1n) is 7.06. The summed E-state index contributed by atoms with van der Waals surface area (Å²) in [6.07, 6.45) is 6.90. The van der Waals surface area contributed by atoms with Gasteiger partial charge in [0.05, 0.1) is 6.61 Å². The van der Waals surface area contributed by atoms with Crippen molar-refractivity contribution in [1.29, 1.82) is 0 Å². The van der Waals surface area contributed by atoms with E-state index in [1.54, 1.807) is 13.8 Å². The molecule has 1 aliphatic carbocycles. The molecule has 0 N–H and O–H groups in total. The van der Waals surface area contributed by atoms with Crippen molar-refractivity contribution in [1.82, 2.24) is 0 Å². The van der Waals surface area contributed by atoms with Crippen LogP contribution in [0.25, 0.3) is 0 Å². The first kappa shape index (κ1) is 15.0. The molecule has 4 heteroatoms. The average Bonchev–Trinajstić information content (AvgIpc) is 2.59. The van der Waals surface area contributed by atoms with Crippen LogP contribution in [0.5, 0.6) is 0 Å². The molecule has 1 aliphatic rings. The van der Waals surface area contributed by atoms with Gasteiger partial charge in [0.1, 0.15) is 6.10 Å². The van der Waals surface area contributed by atoms with Crippen LogP contribution >= 0.6 is 0 Å². The van der Waals surface area contributed by atoms with Crippen molar-refractivity contribution in [2.45, 2.75) is 64.9 Å². The van der Waals surface area contributed by atoms with Gasteiger partial charge in [-0.2, -0.15) is 0 Å². The number of carbonyl (C=O) groups excluding carboxylic acids is 2. The Morgan fingerprint density at radius 3 is 2.17 bits per heavy atom. The van der Waals surface area contributed by atoms with Gasteiger partial charge in [-0.3, -0.25) is 9.59 Å². The fraction of sp³-hybridized carbons (Fsp3) is 0.857. The van der Waals surface area contributed by atoms with Crippen molar-refractivity contribution < 1.29 is 19.1 Å². The van der Waals surface area contributed by atoms with Gasteiger partial charge in [0.2, 0.25) is 0 Å². The van der Waals surface area contributed by atoms with Crippen LogP contribution in [0, 0.1) is 5.92 Å². The second-order valence-electron chi connectivity index (χ2n) is 4.76. The predicted molar refractivity (Wildman–Crippen MR) is 68.0 cm³/mol. The third kappa shape index (κ3) is 4.67. The van der Waals surface area contributed by atoms with Crippen LogP contribution in [-0.4, -0.2) is 24.6 Å². The highest BCUT2D eigenvalue weighted by atomic mass is 16.6. The maximum absolute atomic E-state index is 11.9. The van der Waals surface area contributed by atoms with Crippen molar-refractivity contribution in [2.75, 3.05) is 6.61 Å². The van der Waals surface area contributed by atoms with E-state index in [1.165, 1.54) is 12.8 Å². The monoisotopic (exact) mass is 256 g/mol. The molecular formula is C14H24O4. The summed E-state index contributed by atoms with van der Waals surface area (Å²) in [4.78, 5) is 23.6. The van der Waals surface area contributed by atoms with E-state index in [-0.39, 0.29) is 6.10 Å². The lowest BCUT2D eigenvalue weighted by molar-refractivity contribution is -0.165. The molecule has 18 heavy (non-hydrogen) atoms. The summed E-state index contributed by atoms with van der Waals surface area (Å²) in [5.74, 6) is -1.63. The Morgan fingerprint density at radius 1 is 1.06 bits per heavy atom. The minimum absolute atomic E-state index is 0.0107. The highest BCUT2D eigenvalue weighted by molar-refractivity contribution is 5.94. The summed E-state index contributed by atoms with van der Waals surface area (Å²) < 4.78 is 10.3. The molecule has 1 fully saturated rings. The van der Waals surface area contributed by atoms with E-state index in [1.807, 2.05) is 0 Å². The maximum atomic E-state index is 11.9. The molecule has 1 unspecified atom stereocenters. The Morgan fingerprint density at radius 2 is 1.67 bits per heavy atom. The van der Waals surface area contributed by atoms with E-state index < -0.39 is 17.9 Å². The molecule has 0 saturated heterocycles. The first-order chi connectivity index (χ1) is 8.69.